The lowest BCUT2D eigenvalue weighted by atomic mass is 10.1. The molecule has 0 spiro atoms. The van der Waals surface area contributed by atoms with E-state index in [9.17, 15) is 9.59 Å². The third-order valence-corrected chi connectivity index (χ3v) is 3.67. The maximum Gasteiger partial charge on any atom is 0.410 e. The highest BCUT2D eigenvalue weighted by Crippen LogP contribution is 2.18. The number of rotatable bonds is 5. The van der Waals surface area contributed by atoms with Crippen LogP contribution in [0.3, 0.4) is 0 Å². The Morgan fingerprint density at radius 1 is 1.00 bits per heavy atom. The topological polar surface area (TPSA) is 70.7 Å². The molecule has 2 aromatic rings. The van der Waals surface area contributed by atoms with Gasteiger partial charge in [0.05, 0.1) is 6.54 Å². The number of ether oxygens (including phenoxy) is 1. The highest BCUT2D eigenvalue weighted by molar-refractivity contribution is 5.90. The normalized spacial score (nSPS) is 10.8. The van der Waals surface area contributed by atoms with Crippen molar-refractivity contribution in [1.82, 2.24) is 10.2 Å². The Morgan fingerprint density at radius 3 is 2.30 bits per heavy atom. The first kappa shape index (κ1) is 20.3. The first-order chi connectivity index (χ1) is 12.7. The van der Waals surface area contributed by atoms with Crippen molar-refractivity contribution >= 4 is 17.8 Å². The zero-order chi connectivity index (χ0) is 19.9. The summed E-state index contributed by atoms with van der Waals surface area (Å²) in [6.45, 7) is 6.23. The molecule has 144 valence electrons. The van der Waals surface area contributed by atoms with Crippen LogP contribution in [0.5, 0.6) is 0 Å². The van der Waals surface area contributed by atoms with Gasteiger partial charge in [0.15, 0.2) is 0 Å². The third-order valence-electron chi connectivity index (χ3n) is 3.67. The molecule has 0 heterocycles. The first-order valence-corrected chi connectivity index (χ1v) is 8.85. The fourth-order valence-corrected chi connectivity index (χ4v) is 2.38. The molecule has 0 fully saturated rings. The van der Waals surface area contributed by atoms with Gasteiger partial charge in [0.2, 0.25) is 0 Å². The van der Waals surface area contributed by atoms with Gasteiger partial charge >= 0.3 is 12.1 Å². The molecule has 0 saturated carbocycles. The number of nitrogens with zero attached hydrogens (tertiary/aromatic N) is 1. The Kier molecular flexibility index (Phi) is 6.82. The van der Waals surface area contributed by atoms with Crippen molar-refractivity contribution in [2.75, 3.05) is 12.4 Å². The molecule has 3 amide bonds. The predicted octanol–water partition coefficient (Wildman–Crippen LogP) is 4.38. The molecule has 2 aromatic carbocycles. The molecule has 0 aliphatic heterocycles. The SMILES string of the molecule is CN(Cc1ccccc1NC(=O)NCc1ccccc1)C(=O)OC(C)(C)C. The van der Waals surface area contributed by atoms with Crippen LogP contribution in [0, 0.1) is 0 Å². The van der Waals surface area contributed by atoms with E-state index in [1.807, 2.05) is 69.3 Å². The molecule has 0 bridgehead atoms. The second-order valence-corrected chi connectivity index (χ2v) is 7.29. The minimum atomic E-state index is -0.555. The number of benzene rings is 2. The number of nitrogens with one attached hydrogen (secondary N) is 2. The van der Waals surface area contributed by atoms with Crippen molar-refractivity contribution in [3.05, 3.63) is 65.7 Å². The average molecular weight is 369 g/mol. The van der Waals surface area contributed by atoms with E-state index in [0.29, 0.717) is 18.8 Å². The number of carbonyl (C=O) groups is 2. The molecule has 0 aliphatic carbocycles. The largest absolute Gasteiger partial charge is 0.444 e. The maximum absolute atomic E-state index is 12.2. The average Bonchev–Trinajstić information content (AvgIpc) is 2.61. The second kappa shape index (κ2) is 9.07. The summed E-state index contributed by atoms with van der Waals surface area (Å²) in [7, 11) is 1.67. The van der Waals surface area contributed by atoms with E-state index >= 15 is 0 Å². The molecular formula is C21H27N3O3. The van der Waals surface area contributed by atoms with Gasteiger partial charge in [-0.25, -0.2) is 9.59 Å². The van der Waals surface area contributed by atoms with Crippen molar-refractivity contribution in [3.8, 4) is 0 Å². The summed E-state index contributed by atoms with van der Waals surface area (Å²) < 4.78 is 5.37. The number of carbonyl (C=O) groups excluding carboxylic acids is 2. The minimum Gasteiger partial charge on any atom is -0.444 e. The van der Waals surface area contributed by atoms with Gasteiger partial charge < -0.3 is 20.3 Å². The van der Waals surface area contributed by atoms with Gasteiger partial charge in [-0.2, -0.15) is 0 Å². The molecule has 0 atom stereocenters. The second-order valence-electron chi connectivity index (χ2n) is 7.29. The van der Waals surface area contributed by atoms with E-state index in [4.69, 9.17) is 4.74 Å². The summed E-state index contributed by atoms with van der Waals surface area (Å²) in [5.41, 5.74) is 1.94. The van der Waals surface area contributed by atoms with Crippen LogP contribution in [-0.4, -0.2) is 29.7 Å². The van der Waals surface area contributed by atoms with E-state index in [2.05, 4.69) is 10.6 Å². The Hall–Kier alpha value is -3.02. The van der Waals surface area contributed by atoms with Crippen molar-refractivity contribution in [2.45, 2.75) is 39.5 Å². The minimum absolute atomic E-state index is 0.300. The monoisotopic (exact) mass is 369 g/mol. The first-order valence-electron chi connectivity index (χ1n) is 8.85. The van der Waals surface area contributed by atoms with E-state index in [-0.39, 0.29) is 6.03 Å². The zero-order valence-corrected chi connectivity index (χ0v) is 16.3. The molecule has 2 N–H and O–H groups in total. The zero-order valence-electron chi connectivity index (χ0n) is 16.3. The van der Waals surface area contributed by atoms with E-state index in [1.165, 1.54) is 4.90 Å². The van der Waals surface area contributed by atoms with Gasteiger partial charge in [-0.15, -0.1) is 0 Å². The number of amides is 3. The molecule has 0 saturated heterocycles. The standard InChI is InChI=1S/C21H27N3O3/c1-21(2,3)27-20(26)24(4)15-17-12-8-9-13-18(17)23-19(25)22-14-16-10-6-5-7-11-16/h5-13H,14-15H2,1-4H3,(H2,22,23,25). The van der Waals surface area contributed by atoms with Gasteiger partial charge in [0, 0.05) is 19.3 Å². The Bertz CT molecular complexity index is 770. The van der Waals surface area contributed by atoms with Gasteiger partial charge in [-0.3, -0.25) is 0 Å². The summed E-state index contributed by atoms with van der Waals surface area (Å²) >= 11 is 0. The molecule has 0 aliphatic rings. The van der Waals surface area contributed by atoms with Gasteiger partial charge in [-0.05, 0) is 38.0 Å². The fourth-order valence-electron chi connectivity index (χ4n) is 2.38. The van der Waals surface area contributed by atoms with E-state index in [0.717, 1.165) is 11.1 Å². The van der Waals surface area contributed by atoms with Crippen molar-refractivity contribution in [2.24, 2.45) is 0 Å². The predicted molar refractivity (Wildman–Crippen MR) is 106 cm³/mol. The van der Waals surface area contributed by atoms with Gasteiger partial charge in [0.1, 0.15) is 5.60 Å². The Labute approximate surface area is 160 Å². The summed E-state index contributed by atoms with van der Waals surface area (Å²) in [6.07, 6.45) is -0.411. The lowest BCUT2D eigenvalue weighted by Crippen LogP contribution is -2.34. The highest BCUT2D eigenvalue weighted by Gasteiger charge is 2.20. The molecule has 0 aromatic heterocycles. The maximum atomic E-state index is 12.2. The molecule has 6 nitrogen and oxygen atoms in total. The van der Waals surface area contributed by atoms with Crippen molar-refractivity contribution in [1.29, 1.82) is 0 Å². The molecule has 27 heavy (non-hydrogen) atoms. The smallest absolute Gasteiger partial charge is 0.410 e. The van der Waals surface area contributed by atoms with Crippen molar-refractivity contribution < 1.29 is 14.3 Å². The molecule has 0 radical (unpaired) electrons. The number of para-hydroxylation sites is 1. The number of anilines is 1. The number of urea groups is 1. The van der Waals surface area contributed by atoms with Crippen LogP contribution in [0.4, 0.5) is 15.3 Å². The van der Waals surface area contributed by atoms with Crippen LogP contribution in [-0.2, 0) is 17.8 Å². The van der Waals surface area contributed by atoms with Crippen LogP contribution < -0.4 is 10.6 Å². The Balaban J connectivity index is 1.96. The fraction of sp³-hybridized carbons (Fsp3) is 0.333. The molecular weight excluding hydrogens is 342 g/mol. The van der Waals surface area contributed by atoms with Gasteiger partial charge in [-0.1, -0.05) is 48.5 Å². The van der Waals surface area contributed by atoms with Crippen LogP contribution >= 0.6 is 0 Å². The summed E-state index contributed by atoms with van der Waals surface area (Å²) in [5, 5.41) is 5.67. The Morgan fingerprint density at radius 2 is 1.63 bits per heavy atom. The summed E-state index contributed by atoms with van der Waals surface area (Å²) in [4.78, 5) is 25.9. The van der Waals surface area contributed by atoms with E-state index in [1.54, 1.807) is 13.1 Å². The lowest BCUT2D eigenvalue weighted by Gasteiger charge is -2.25. The summed E-state index contributed by atoms with van der Waals surface area (Å²) in [5.74, 6) is 0. The van der Waals surface area contributed by atoms with Crippen LogP contribution in [0.1, 0.15) is 31.9 Å². The van der Waals surface area contributed by atoms with Crippen LogP contribution in [0.25, 0.3) is 0 Å². The van der Waals surface area contributed by atoms with Crippen LogP contribution in [0.15, 0.2) is 54.6 Å². The number of hydrogen-bond acceptors (Lipinski definition) is 3. The molecule has 2 rings (SSSR count). The lowest BCUT2D eigenvalue weighted by molar-refractivity contribution is 0.0285. The third kappa shape index (κ3) is 7.01. The summed E-state index contributed by atoms with van der Waals surface area (Å²) in [6, 6.07) is 16.8. The highest BCUT2D eigenvalue weighted by atomic mass is 16.6. The van der Waals surface area contributed by atoms with E-state index < -0.39 is 11.7 Å². The number of hydrogen-bond donors (Lipinski definition) is 2. The molecule has 0 unspecified atom stereocenters. The molecule has 6 heteroatoms. The van der Waals surface area contributed by atoms with Crippen molar-refractivity contribution in [3.63, 3.8) is 0 Å². The van der Waals surface area contributed by atoms with Gasteiger partial charge in [0.25, 0.3) is 0 Å². The quantitative estimate of drug-likeness (QED) is 0.822. The van der Waals surface area contributed by atoms with Crippen LogP contribution in [0.2, 0.25) is 0 Å².